The van der Waals surface area contributed by atoms with E-state index >= 15 is 0 Å². The number of nitrogens with zero attached hydrogens (tertiary/aromatic N) is 1. The quantitative estimate of drug-likeness (QED) is 0.493. The zero-order chi connectivity index (χ0) is 6.53. The van der Waals surface area contributed by atoms with Gasteiger partial charge in [0.15, 0.2) is 0 Å². The third-order valence-corrected chi connectivity index (χ3v) is 1.33. The first-order valence-electron chi connectivity index (χ1n) is 3.36. The molecule has 3 nitrogen and oxygen atoms in total. The summed E-state index contributed by atoms with van der Waals surface area (Å²) in [7, 11) is 2.02. The van der Waals surface area contributed by atoms with Crippen LogP contribution in [-0.2, 0) is 4.74 Å². The van der Waals surface area contributed by atoms with Crippen molar-refractivity contribution < 1.29 is 4.74 Å². The van der Waals surface area contributed by atoms with Crippen LogP contribution in [-0.4, -0.2) is 38.5 Å². The van der Waals surface area contributed by atoms with Gasteiger partial charge in [-0.1, -0.05) is 0 Å². The Labute approximate surface area is 56.0 Å². The molecular weight excluding hydrogens is 116 g/mol. The molecule has 0 aromatic heterocycles. The van der Waals surface area contributed by atoms with Crippen molar-refractivity contribution in [2.24, 2.45) is 0 Å². The molecule has 9 heavy (non-hydrogen) atoms. The Balaban J connectivity index is 0.0000000922. The summed E-state index contributed by atoms with van der Waals surface area (Å²) in [6.07, 6.45) is 1.39. The molecule has 0 bridgehead atoms. The molecule has 2 heterocycles. The lowest BCUT2D eigenvalue weighted by Gasteiger charge is -2.25. The van der Waals surface area contributed by atoms with E-state index in [0.717, 1.165) is 13.5 Å². The molecule has 3 heteroatoms. The molecule has 2 aliphatic rings. The van der Waals surface area contributed by atoms with Crippen LogP contribution >= 0.6 is 0 Å². The minimum absolute atomic E-state index is 0.819. The van der Waals surface area contributed by atoms with Gasteiger partial charge in [-0.15, -0.1) is 0 Å². The third kappa shape index (κ3) is 2.79. The minimum atomic E-state index is 0.819. The first kappa shape index (κ1) is 6.99. The van der Waals surface area contributed by atoms with Gasteiger partial charge in [-0.25, -0.2) is 0 Å². The van der Waals surface area contributed by atoms with Crippen LogP contribution in [0.3, 0.4) is 0 Å². The predicted octanol–water partition coefficient (Wildman–Crippen LogP) is -0.157. The highest BCUT2D eigenvalue weighted by Gasteiger charge is 2.04. The molecule has 0 aliphatic carbocycles. The minimum Gasteiger partial charge on any atom is -0.351 e. The molecular formula is C6H14N2O. The summed E-state index contributed by atoms with van der Waals surface area (Å²) in [6.45, 7) is 4.14. The Morgan fingerprint density at radius 1 is 1.33 bits per heavy atom. The van der Waals surface area contributed by atoms with E-state index in [1.807, 2.05) is 7.05 Å². The number of ether oxygens (including phenoxy) is 1. The fourth-order valence-electron chi connectivity index (χ4n) is 0.451. The molecule has 2 aliphatic heterocycles. The second-order valence-corrected chi connectivity index (χ2v) is 2.42. The number of nitrogens with one attached hydrogen (secondary N) is 1. The first-order chi connectivity index (χ1) is 4.39. The first-order valence-corrected chi connectivity index (χ1v) is 3.36. The molecule has 0 aromatic carbocycles. The van der Waals surface area contributed by atoms with Crippen LogP contribution < -0.4 is 5.32 Å². The second kappa shape index (κ2) is 3.82. The summed E-state index contributed by atoms with van der Waals surface area (Å²) in [4.78, 5) is 2.08. The monoisotopic (exact) mass is 130 g/mol. The molecule has 0 aromatic rings. The van der Waals surface area contributed by atoms with Crippen molar-refractivity contribution in [1.29, 1.82) is 0 Å². The van der Waals surface area contributed by atoms with Gasteiger partial charge in [0.05, 0.1) is 0 Å². The van der Waals surface area contributed by atoms with Gasteiger partial charge in [0, 0.05) is 0 Å². The van der Waals surface area contributed by atoms with Gasteiger partial charge in [0.1, 0.15) is 13.5 Å². The van der Waals surface area contributed by atoms with Gasteiger partial charge in [0.25, 0.3) is 0 Å². The lowest BCUT2D eigenvalue weighted by molar-refractivity contribution is -0.128. The maximum absolute atomic E-state index is 4.76. The van der Waals surface area contributed by atoms with Crippen molar-refractivity contribution in [2.75, 3.05) is 33.6 Å². The molecule has 54 valence electrons. The van der Waals surface area contributed by atoms with Gasteiger partial charge in [-0.05, 0) is 26.6 Å². The highest BCUT2D eigenvalue weighted by Crippen LogP contribution is 1.93. The smallest absolute Gasteiger partial charge is 0.102 e. The summed E-state index contributed by atoms with van der Waals surface area (Å²) in [5.41, 5.74) is 0. The van der Waals surface area contributed by atoms with Crippen LogP contribution in [0.1, 0.15) is 6.42 Å². The van der Waals surface area contributed by atoms with Crippen LogP contribution in [0.15, 0.2) is 0 Å². The van der Waals surface area contributed by atoms with E-state index < -0.39 is 0 Å². The lowest BCUT2D eigenvalue weighted by Crippen LogP contribution is -2.35. The molecule has 2 saturated heterocycles. The van der Waals surface area contributed by atoms with Crippen LogP contribution in [0.2, 0.25) is 0 Å². The average Bonchev–Trinajstić information content (AvgIpc) is 1.56. The number of hydrogen-bond donors (Lipinski definition) is 1. The van der Waals surface area contributed by atoms with E-state index in [2.05, 4.69) is 10.2 Å². The third-order valence-electron chi connectivity index (χ3n) is 1.33. The Bertz CT molecular complexity index is 65.5. The lowest BCUT2D eigenvalue weighted by atomic mass is 10.3. The molecule has 0 saturated carbocycles. The number of hydrogen-bond acceptors (Lipinski definition) is 3. The van der Waals surface area contributed by atoms with E-state index in [1.54, 1.807) is 0 Å². The molecule has 0 radical (unpaired) electrons. The maximum Gasteiger partial charge on any atom is 0.102 e. The molecule has 0 atom stereocenters. The van der Waals surface area contributed by atoms with Crippen LogP contribution in [0, 0.1) is 0 Å². The van der Waals surface area contributed by atoms with Crippen LogP contribution in [0.4, 0.5) is 0 Å². The van der Waals surface area contributed by atoms with Gasteiger partial charge in [0.2, 0.25) is 0 Å². The zero-order valence-corrected chi connectivity index (χ0v) is 5.89. The summed E-state index contributed by atoms with van der Waals surface area (Å²) >= 11 is 0. The SMILES string of the molecule is C1CNC1.CN1COC1. The Hall–Kier alpha value is -0.120. The summed E-state index contributed by atoms with van der Waals surface area (Å²) in [5.74, 6) is 0. The summed E-state index contributed by atoms with van der Waals surface area (Å²) in [6, 6.07) is 0. The average molecular weight is 130 g/mol. The zero-order valence-electron chi connectivity index (χ0n) is 5.89. The van der Waals surface area contributed by atoms with Crippen molar-refractivity contribution >= 4 is 0 Å². The van der Waals surface area contributed by atoms with Gasteiger partial charge >= 0.3 is 0 Å². The second-order valence-electron chi connectivity index (χ2n) is 2.42. The fraction of sp³-hybridized carbons (Fsp3) is 1.00. The normalized spacial score (nSPS) is 25.0. The maximum atomic E-state index is 4.76. The van der Waals surface area contributed by atoms with E-state index in [1.165, 1.54) is 19.5 Å². The molecule has 0 amide bonds. The standard InChI is InChI=1S/C3H7NO.C3H7N/c1-4-2-5-3-4;1-2-4-3-1/h2-3H2,1H3;4H,1-3H2. The van der Waals surface area contributed by atoms with E-state index in [9.17, 15) is 0 Å². The topological polar surface area (TPSA) is 24.5 Å². The van der Waals surface area contributed by atoms with E-state index in [-0.39, 0.29) is 0 Å². The highest BCUT2D eigenvalue weighted by atomic mass is 16.5. The van der Waals surface area contributed by atoms with E-state index in [0.29, 0.717) is 0 Å². The highest BCUT2D eigenvalue weighted by molar-refractivity contribution is 4.56. The van der Waals surface area contributed by atoms with Crippen LogP contribution in [0.25, 0.3) is 0 Å². The molecule has 0 unspecified atom stereocenters. The van der Waals surface area contributed by atoms with Gasteiger partial charge in [-0.2, -0.15) is 0 Å². The summed E-state index contributed by atoms with van der Waals surface area (Å²) < 4.78 is 4.76. The number of rotatable bonds is 0. The molecule has 2 fully saturated rings. The largest absolute Gasteiger partial charge is 0.351 e. The Kier molecular flexibility index (Phi) is 2.97. The summed E-state index contributed by atoms with van der Waals surface area (Å²) in [5, 5.41) is 3.11. The van der Waals surface area contributed by atoms with Crippen molar-refractivity contribution in [3.05, 3.63) is 0 Å². The van der Waals surface area contributed by atoms with Crippen LogP contribution in [0.5, 0.6) is 0 Å². The predicted molar refractivity (Wildman–Crippen MR) is 36.1 cm³/mol. The van der Waals surface area contributed by atoms with Crippen molar-refractivity contribution in [1.82, 2.24) is 10.2 Å². The Morgan fingerprint density at radius 2 is 1.67 bits per heavy atom. The molecule has 2 rings (SSSR count). The van der Waals surface area contributed by atoms with Crippen molar-refractivity contribution in [2.45, 2.75) is 6.42 Å². The van der Waals surface area contributed by atoms with Gasteiger partial charge < -0.3 is 10.1 Å². The fourth-order valence-corrected chi connectivity index (χ4v) is 0.451. The van der Waals surface area contributed by atoms with E-state index in [4.69, 9.17) is 4.74 Å². The van der Waals surface area contributed by atoms with Crippen molar-refractivity contribution in [3.63, 3.8) is 0 Å². The molecule has 0 spiro atoms. The van der Waals surface area contributed by atoms with Crippen molar-refractivity contribution in [3.8, 4) is 0 Å². The molecule has 1 N–H and O–H groups in total. The van der Waals surface area contributed by atoms with Gasteiger partial charge in [-0.3, -0.25) is 4.90 Å². The Morgan fingerprint density at radius 3 is 1.67 bits per heavy atom.